The molecule has 0 saturated carbocycles. The average Bonchev–Trinajstić information content (AvgIpc) is 2.29. The summed E-state index contributed by atoms with van der Waals surface area (Å²) in [6.07, 6.45) is 2.65. The van der Waals surface area contributed by atoms with Crippen LogP contribution in [0.5, 0.6) is 0 Å². The minimum Gasteiger partial charge on any atom is -0.331 e. The van der Waals surface area contributed by atoms with Crippen LogP contribution in [0.15, 0.2) is 23.1 Å². The zero-order valence-electron chi connectivity index (χ0n) is 8.73. The summed E-state index contributed by atoms with van der Waals surface area (Å²) < 4.78 is 0. The van der Waals surface area contributed by atoms with E-state index >= 15 is 0 Å². The highest BCUT2D eigenvalue weighted by Crippen LogP contribution is 2.09. The molecule has 0 atom stereocenters. The second-order valence-corrected chi connectivity index (χ2v) is 3.81. The number of carbonyl (C=O) groups is 2. The molecule has 1 aromatic rings. The van der Waals surface area contributed by atoms with Gasteiger partial charge in [0.2, 0.25) is 5.56 Å². The van der Waals surface area contributed by atoms with Crippen molar-refractivity contribution in [1.29, 1.82) is 0 Å². The van der Waals surface area contributed by atoms with Gasteiger partial charge < -0.3 is 9.88 Å². The number of hydrogen-bond donors (Lipinski definition) is 1. The van der Waals surface area contributed by atoms with Gasteiger partial charge in [-0.1, -0.05) is 0 Å². The molecule has 1 N–H and O–H groups in total. The molecule has 0 aromatic carbocycles. The predicted octanol–water partition coefficient (Wildman–Crippen LogP) is 0.180. The first-order chi connectivity index (χ1) is 7.66. The second-order valence-electron chi connectivity index (χ2n) is 3.81. The lowest BCUT2D eigenvalue weighted by Crippen LogP contribution is -2.40. The van der Waals surface area contributed by atoms with Crippen molar-refractivity contribution in [2.24, 2.45) is 0 Å². The van der Waals surface area contributed by atoms with Crippen molar-refractivity contribution in [1.82, 2.24) is 9.88 Å². The van der Waals surface area contributed by atoms with E-state index in [0.29, 0.717) is 24.9 Å². The van der Waals surface area contributed by atoms with E-state index in [1.165, 1.54) is 23.2 Å². The number of nitrogens with zero attached hydrogens (tertiary/aromatic N) is 1. The maximum absolute atomic E-state index is 11.9. The molecule has 5 nitrogen and oxygen atoms in total. The molecule has 0 aliphatic carbocycles. The van der Waals surface area contributed by atoms with E-state index in [1.54, 1.807) is 0 Å². The van der Waals surface area contributed by atoms with Gasteiger partial charge in [0.15, 0.2) is 5.78 Å². The Morgan fingerprint density at radius 1 is 1.31 bits per heavy atom. The van der Waals surface area contributed by atoms with Crippen LogP contribution in [-0.2, 0) is 4.79 Å². The Hall–Kier alpha value is -1.91. The molecule has 1 aliphatic heterocycles. The van der Waals surface area contributed by atoms with Gasteiger partial charge in [-0.05, 0) is 12.5 Å². The molecular formula is C11H12N2O3. The van der Waals surface area contributed by atoms with Crippen LogP contribution in [0.1, 0.15) is 23.2 Å². The lowest BCUT2D eigenvalue weighted by molar-refractivity contribution is -0.121. The van der Waals surface area contributed by atoms with Gasteiger partial charge in [0.05, 0.1) is 12.1 Å². The molecule has 16 heavy (non-hydrogen) atoms. The summed E-state index contributed by atoms with van der Waals surface area (Å²) in [5.41, 5.74) is 0.167. The molecule has 0 unspecified atom stereocenters. The topological polar surface area (TPSA) is 70.2 Å². The van der Waals surface area contributed by atoms with Crippen LogP contribution < -0.4 is 5.56 Å². The smallest absolute Gasteiger partial charge is 0.255 e. The SMILES string of the molecule is O=C1CCCN(C(=O)c2ccc(=O)[nH]c2)C1. The number of aromatic nitrogens is 1. The Labute approximate surface area is 92.1 Å². The van der Waals surface area contributed by atoms with E-state index in [-0.39, 0.29) is 23.8 Å². The van der Waals surface area contributed by atoms with Crippen LogP contribution in [0, 0.1) is 0 Å². The number of piperidine rings is 1. The number of hydrogen-bond acceptors (Lipinski definition) is 3. The lowest BCUT2D eigenvalue weighted by Gasteiger charge is -2.25. The van der Waals surface area contributed by atoms with Crippen LogP contribution in [0.2, 0.25) is 0 Å². The third kappa shape index (κ3) is 2.18. The van der Waals surface area contributed by atoms with Gasteiger partial charge in [-0.3, -0.25) is 14.4 Å². The molecule has 0 radical (unpaired) electrons. The zero-order valence-corrected chi connectivity index (χ0v) is 8.73. The third-order valence-electron chi connectivity index (χ3n) is 2.57. The number of amides is 1. The monoisotopic (exact) mass is 220 g/mol. The fourth-order valence-electron chi connectivity index (χ4n) is 1.74. The molecule has 1 amide bonds. The summed E-state index contributed by atoms with van der Waals surface area (Å²) in [6, 6.07) is 2.78. The maximum Gasteiger partial charge on any atom is 0.255 e. The van der Waals surface area contributed by atoms with Crippen LogP contribution in [0.3, 0.4) is 0 Å². The van der Waals surface area contributed by atoms with Crippen molar-refractivity contribution in [2.75, 3.05) is 13.1 Å². The summed E-state index contributed by atoms with van der Waals surface area (Å²) in [5, 5.41) is 0. The molecule has 2 rings (SSSR count). The lowest BCUT2D eigenvalue weighted by atomic mass is 10.1. The molecule has 1 saturated heterocycles. The van der Waals surface area contributed by atoms with Crippen molar-refractivity contribution >= 4 is 11.7 Å². The zero-order chi connectivity index (χ0) is 11.5. The molecule has 1 aliphatic rings. The fourth-order valence-corrected chi connectivity index (χ4v) is 1.74. The van der Waals surface area contributed by atoms with Crippen LogP contribution in [0.25, 0.3) is 0 Å². The van der Waals surface area contributed by atoms with E-state index in [1.807, 2.05) is 0 Å². The number of H-pyrrole nitrogens is 1. The predicted molar refractivity (Wildman–Crippen MR) is 57.2 cm³/mol. The van der Waals surface area contributed by atoms with E-state index in [2.05, 4.69) is 4.98 Å². The van der Waals surface area contributed by atoms with Crippen LogP contribution >= 0.6 is 0 Å². The van der Waals surface area contributed by atoms with Crippen molar-refractivity contribution in [3.8, 4) is 0 Å². The Bertz CT molecular complexity index is 458. The summed E-state index contributed by atoms with van der Waals surface area (Å²) in [4.78, 5) is 37.9. The number of likely N-dealkylation sites (tertiary alicyclic amines) is 1. The van der Waals surface area contributed by atoms with Crippen LogP contribution in [0.4, 0.5) is 0 Å². The van der Waals surface area contributed by atoms with Gasteiger partial charge in [0, 0.05) is 25.2 Å². The van der Waals surface area contributed by atoms with Crippen molar-refractivity contribution in [3.05, 3.63) is 34.2 Å². The maximum atomic E-state index is 11.9. The van der Waals surface area contributed by atoms with Gasteiger partial charge in [-0.15, -0.1) is 0 Å². The molecule has 0 bridgehead atoms. The van der Waals surface area contributed by atoms with Crippen molar-refractivity contribution < 1.29 is 9.59 Å². The van der Waals surface area contributed by atoms with Crippen LogP contribution in [-0.4, -0.2) is 34.7 Å². The van der Waals surface area contributed by atoms with E-state index < -0.39 is 0 Å². The minimum atomic E-state index is -0.244. The number of nitrogens with one attached hydrogen (secondary N) is 1. The first kappa shape index (κ1) is 10.6. The van der Waals surface area contributed by atoms with E-state index in [0.717, 1.165) is 0 Å². The Balaban J connectivity index is 2.15. The van der Waals surface area contributed by atoms with Crippen molar-refractivity contribution in [2.45, 2.75) is 12.8 Å². The molecule has 1 fully saturated rings. The average molecular weight is 220 g/mol. The Kier molecular flexibility index (Phi) is 2.85. The third-order valence-corrected chi connectivity index (χ3v) is 2.57. The summed E-state index contributed by atoms with van der Waals surface area (Å²) in [7, 11) is 0. The summed E-state index contributed by atoms with van der Waals surface area (Å²) in [6.45, 7) is 0.779. The molecule has 1 aromatic heterocycles. The van der Waals surface area contributed by atoms with Gasteiger partial charge in [-0.25, -0.2) is 0 Å². The number of rotatable bonds is 1. The normalized spacial score (nSPS) is 16.2. The number of ketones is 1. The number of pyridine rings is 1. The van der Waals surface area contributed by atoms with Gasteiger partial charge in [0.25, 0.3) is 5.91 Å². The first-order valence-corrected chi connectivity index (χ1v) is 5.16. The highest BCUT2D eigenvalue weighted by atomic mass is 16.2. The van der Waals surface area contributed by atoms with Crippen molar-refractivity contribution in [3.63, 3.8) is 0 Å². The van der Waals surface area contributed by atoms with Gasteiger partial charge >= 0.3 is 0 Å². The Morgan fingerprint density at radius 3 is 2.75 bits per heavy atom. The highest BCUT2D eigenvalue weighted by Gasteiger charge is 2.22. The van der Waals surface area contributed by atoms with Gasteiger partial charge in [0.1, 0.15) is 0 Å². The van der Waals surface area contributed by atoms with E-state index in [4.69, 9.17) is 0 Å². The fraction of sp³-hybridized carbons (Fsp3) is 0.364. The number of aromatic amines is 1. The first-order valence-electron chi connectivity index (χ1n) is 5.16. The molecular weight excluding hydrogens is 208 g/mol. The summed E-state index contributed by atoms with van der Waals surface area (Å²) in [5.74, 6) is -0.117. The largest absolute Gasteiger partial charge is 0.331 e. The molecule has 84 valence electrons. The second kappa shape index (κ2) is 4.30. The van der Waals surface area contributed by atoms with Gasteiger partial charge in [-0.2, -0.15) is 0 Å². The quantitative estimate of drug-likeness (QED) is 0.734. The number of Topliss-reactive ketones (excluding diaryl/α,β-unsaturated/α-hetero) is 1. The minimum absolute atomic E-state index is 0.0871. The molecule has 2 heterocycles. The van der Waals surface area contributed by atoms with E-state index in [9.17, 15) is 14.4 Å². The Morgan fingerprint density at radius 2 is 2.12 bits per heavy atom. The summed E-state index contributed by atoms with van der Waals surface area (Å²) >= 11 is 0. The highest BCUT2D eigenvalue weighted by molar-refractivity contribution is 5.97. The standard InChI is InChI=1S/C11H12N2O3/c14-9-2-1-5-13(7-9)11(16)8-3-4-10(15)12-6-8/h3-4,6H,1-2,5,7H2,(H,12,15). The number of carbonyl (C=O) groups excluding carboxylic acids is 2. The molecule has 0 spiro atoms. The molecule has 5 heteroatoms.